The number of aromatic hydroxyl groups is 2. The van der Waals surface area contributed by atoms with Gasteiger partial charge >= 0.3 is 0 Å². The third-order valence-electron chi connectivity index (χ3n) is 6.25. The van der Waals surface area contributed by atoms with E-state index in [-0.39, 0.29) is 17.3 Å². The number of phenolic OH excluding ortho intramolecular Hbond substituents is 2. The Morgan fingerprint density at radius 3 is 2.44 bits per heavy atom. The summed E-state index contributed by atoms with van der Waals surface area (Å²) in [5.74, 6) is 0.945. The standard InChI is InChI=1S/C28H27NO4S/c30-21-6-4-5-20(17-21)28-26(24-12-9-22(31)18-25(24)34-28)27(32)19-7-10-23(11-8-19)33-16-15-29-13-2-1-3-14-29/h4-12,17-18,30-31H,1-3,13-16H2. The van der Waals surface area contributed by atoms with Crippen LogP contribution in [-0.2, 0) is 0 Å². The number of rotatable bonds is 7. The van der Waals surface area contributed by atoms with E-state index in [1.807, 2.05) is 18.2 Å². The van der Waals surface area contributed by atoms with Crippen molar-refractivity contribution >= 4 is 27.2 Å². The predicted molar refractivity (Wildman–Crippen MR) is 136 cm³/mol. The molecule has 0 aliphatic carbocycles. The molecule has 0 saturated carbocycles. The van der Waals surface area contributed by atoms with Gasteiger partial charge in [-0.25, -0.2) is 0 Å². The summed E-state index contributed by atoms with van der Waals surface area (Å²) >= 11 is 1.43. The van der Waals surface area contributed by atoms with E-state index in [9.17, 15) is 15.0 Å². The highest BCUT2D eigenvalue weighted by atomic mass is 32.1. The van der Waals surface area contributed by atoms with Gasteiger partial charge in [0.1, 0.15) is 23.9 Å². The third kappa shape index (κ3) is 4.79. The van der Waals surface area contributed by atoms with Gasteiger partial charge in [-0.15, -0.1) is 11.3 Å². The molecule has 0 bridgehead atoms. The number of nitrogens with zero attached hydrogens (tertiary/aromatic N) is 1. The van der Waals surface area contributed by atoms with Gasteiger partial charge in [0, 0.05) is 32.6 Å². The monoisotopic (exact) mass is 473 g/mol. The molecule has 1 aliphatic heterocycles. The number of thiophene rings is 1. The number of carbonyl (C=O) groups is 1. The Hall–Kier alpha value is -3.35. The maximum absolute atomic E-state index is 13.7. The molecule has 1 aromatic heterocycles. The number of hydrogen-bond donors (Lipinski definition) is 2. The van der Waals surface area contributed by atoms with Crippen molar-refractivity contribution in [2.45, 2.75) is 19.3 Å². The lowest BCUT2D eigenvalue weighted by Gasteiger charge is -2.26. The van der Waals surface area contributed by atoms with Crippen LogP contribution in [0.3, 0.4) is 0 Å². The molecule has 0 amide bonds. The normalized spacial score (nSPS) is 14.4. The van der Waals surface area contributed by atoms with Gasteiger partial charge in [-0.05, 0) is 86.1 Å². The molecule has 1 saturated heterocycles. The highest BCUT2D eigenvalue weighted by molar-refractivity contribution is 7.22. The maximum atomic E-state index is 13.7. The van der Waals surface area contributed by atoms with Crippen LogP contribution in [0.4, 0.5) is 0 Å². The second kappa shape index (κ2) is 9.87. The van der Waals surface area contributed by atoms with E-state index in [1.54, 1.807) is 48.5 Å². The molecule has 0 radical (unpaired) electrons. The zero-order chi connectivity index (χ0) is 23.5. The van der Waals surface area contributed by atoms with Crippen LogP contribution in [-0.4, -0.2) is 47.1 Å². The molecule has 6 heteroatoms. The Morgan fingerprint density at radius 1 is 0.912 bits per heavy atom. The molecular weight excluding hydrogens is 446 g/mol. The predicted octanol–water partition coefficient (Wildman–Crippen LogP) is 6.08. The van der Waals surface area contributed by atoms with Gasteiger partial charge in [-0.2, -0.15) is 0 Å². The van der Waals surface area contributed by atoms with E-state index >= 15 is 0 Å². The number of ether oxygens (including phenoxy) is 1. The lowest BCUT2D eigenvalue weighted by atomic mass is 9.97. The lowest BCUT2D eigenvalue weighted by Crippen LogP contribution is -2.33. The smallest absolute Gasteiger partial charge is 0.195 e. The fourth-order valence-corrected chi connectivity index (χ4v) is 5.71. The molecule has 1 fully saturated rings. The topological polar surface area (TPSA) is 70.0 Å². The van der Waals surface area contributed by atoms with Gasteiger partial charge < -0.3 is 14.9 Å². The summed E-state index contributed by atoms with van der Waals surface area (Å²) in [7, 11) is 0. The molecule has 34 heavy (non-hydrogen) atoms. The SMILES string of the molecule is O=C(c1ccc(OCCN2CCCCC2)cc1)c1c(-c2cccc(O)c2)sc2cc(O)ccc12. The number of phenols is 2. The van der Waals surface area contributed by atoms with Gasteiger partial charge in [-0.1, -0.05) is 18.6 Å². The Kier molecular flexibility index (Phi) is 6.52. The van der Waals surface area contributed by atoms with E-state index in [1.165, 1.54) is 30.6 Å². The molecule has 2 N–H and O–H groups in total. The first-order chi connectivity index (χ1) is 16.6. The van der Waals surface area contributed by atoms with Crippen LogP contribution in [0.15, 0.2) is 66.7 Å². The molecule has 5 rings (SSSR count). The summed E-state index contributed by atoms with van der Waals surface area (Å²) in [5, 5.41) is 20.7. The second-order valence-corrected chi connectivity index (χ2v) is 9.69. The summed E-state index contributed by atoms with van der Waals surface area (Å²) in [6, 6.07) is 19.2. The summed E-state index contributed by atoms with van der Waals surface area (Å²) < 4.78 is 6.74. The van der Waals surface area contributed by atoms with Crippen LogP contribution in [0.1, 0.15) is 35.2 Å². The number of ketones is 1. The molecule has 1 aliphatic rings. The van der Waals surface area contributed by atoms with Crippen LogP contribution in [0.2, 0.25) is 0 Å². The van der Waals surface area contributed by atoms with E-state index in [2.05, 4.69) is 4.90 Å². The van der Waals surface area contributed by atoms with Gasteiger partial charge in [0.25, 0.3) is 0 Å². The first kappa shape index (κ1) is 22.4. The Bertz CT molecular complexity index is 1310. The second-order valence-electron chi connectivity index (χ2n) is 8.64. The fourth-order valence-electron chi connectivity index (χ4n) is 4.48. The van der Waals surface area contributed by atoms with Crippen molar-refractivity contribution in [1.29, 1.82) is 0 Å². The van der Waals surface area contributed by atoms with Crippen molar-refractivity contribution in [2.24, 2.45) is 0 Å². The summed E-state index contributed by atoms with van der Waals surface area (Å²) in [5.41, 5.74) is 1.91. The average Bonchev–Trinajstić information content (AvgIpc) is 3.23. The molecule has 174 valence electrons. The molecule has 2 heterocycles. The minimum absolute atomic E-state index is 0.102. The van der Waals surface area contributed by atoms with Crippen molar-refractivity contribution in [2.75, 3.05) is 26.2 Å². The van der Waals surface area contributed by atoms with Gasteiger partial charge in [0.05, 0.1) is 0 Å². The van der Waals surface area contributed by atoms with E-state index in [0.29, 0.717) is 17.7 Å². The lowest BCUT2D eigenvalue weighted by molar-refractivity contribution is 0.104. The molecule has 3 aromatic carbocycles. The van der Waals surface area contributed by atoms with Crippen molar-refractivity contribution in [3.05, 3.63) is 77.9 Å². The number of likely N-dealkylation sites (tertiary alicyclic amines) is 1. The zero-order valence-corrected chi connectivity index (χ0v) is 19.7. The van der Waals surface area contributed by atoms with Crippen LogP contribution < -0.4 is 4.74 Å². The highest BCUT2D eigenvalue weighted by Gasteiger charge is 2.22. The van der Waals surface area contributed by atoms with Gasteiger partial charge in [-0.3, -0.25) is 9.69 Å². The van der Waals surface area contributed by atoms with E-state index in [4.69, 9.17) is 4.74 Å². The zero-order valence-electron chi connectivity index (χ0n) is 18.9. The molecule has 4 aromatic rings. The number of piperidine rings is 1. The van der Waals surface area contributed by atoms with Crippen molar-refractivity contribution in [3.8, 4) is 27.7 Å². The maximum Gasteiger partial charge on any atom is 0.195 e. The number of fused-ring (bicyclic) bond motifs is 1. The first-order valence-corrected chi connectivity index (χ1v) is 12.4. The molecule has 5 nitrogen and oxygen atoms in total. The Morgan fingerprint density at radius 2 is 1.68 bits per heavy atom. The first-order valence-electron chi connectivity index (χ1n) is 11.6. The molecular formula is C28H27NO4S. The summed E-state index contributed by atoms with van der Waals surface area (Å²) in [4.78, 5) is 16.9. The molecule has 0 atom stereocenters. The van der Waals surface area contributed by atoms with Gasteiger partial charge in [0.2, 0.25) is 0 Å². The Balaban J connectivity index is 1.40. The van der Waals surface area contributed by atoms with Crippen LogP contribution in [0, 0.1) is 0 Å². The number of hydrogen-bond acceptors (Lipinski definition) is 6. The quantitative estimate of drug-likeness (QED) is 0.319. The summed E-state index contributed by atoms with van der Waals surface area (Å²) in [6.45, 7) is 3.84. The largest absolute Gasteiger partial charge is 0.508 e. The minimum atomic E-state index is -0.102. The minimum Gasteiger partial charge on any atom is -0.508 e. The average molecular weight is 474 g/mol. The van der Waals surface area contributed by atoms with E-state index < -0.39 is 0 Å². The van der Waals surface area contributed by atoms with Crippen LogP contribution in [0.5, 0.6) is 17.2 Å². The van der Waals surface area contributed by atoms with Crippen LogP contribution >= 0.6 is 11.3 Å². The fraction of sp³-hybridized carbons (Fsp3) is 0.250. The summed E-state index contributed by atoms with van der Waals surface area (Å²) in [6.07, 6.45) is 3.84. The van der Waals surface area contributed by atoms with Crippen LogP contribution in [0.25, 0.3) is 20.5 Å². The van der Waals surface area contributed by atoms with Crippen molar-refractivity contribution in [1.82, 2.24) is 4.90 Å². The van der Waals surface area contributed by atoms with Crippen molar-refractivity contribution < 1.29 is 19.7 Å². The number of benzene rings is 3. The molecule has 0 unspecified atom stereocenters. The third-order valence-corrected chi connectivity index (χ3v) is 7.45. The van der Waals surface area contributed by atoms with Gasteiger partial charge in [0.15, 0.2) is 5.78 Å². The highest BCUT2D eigenvalue weighted by Crippen LogP contribution is 2.41. The number of carbonyl (C=O) groups excluding carboxylic acids is 1. The molecule has 0 spiro atoms. The Labute approximate surface area is 202 Å². The van der Waals surface area contributed by atoms with Crippen molar-refractivity contribution in [3.63, 3.8) is 0 Å². The van der Waals surface area contributed by atoms with E-state index in [0.717, 1.165) is 45.9 Å².